The molecule has 0 radical (unpaired) electrons. The molecule has 0 aliphatic rings. The molecule has 1 amide bonds. The van der Waals surface area contributed by atoms with Gasteiger partial charge >= 0.3 is 5.97 Å². The van der Waals surface area contributed by atoms with Crippen molar-refractivity contribution < 1.29 is 14.7 Å². The lowest BCUT2D eigenvalue weighted by molar-refractivity contribution is -0.139. The Morgan fingerprint density at radius 2 is 2.29 bits per heavy atom. The summed E-state index contributed by atoms with van der Waals surface area (Å²) in [7, 11) is 0. The van der Waals surface area contributed by atoms with Crippen LogP contribution in [0.3, 0.4) is 0 Å². The Balaban J connectivity index is 2.60. The van der Waals surface area contributed by atoms with E-state index in [1.807, 2.05) is 6.92 Å². The largest absolute Gasteiger partial charge is 0.480 e. The van der Waals surface area contributed by atoms with Crippen LogP contribution in [0.15, 0.2) is 16.7 Å². The molecule has 1 aromatic rings. The van der Waals surface area contributed by atoms with E-state index in [-0.39, 0.29) is 0 Å². The van der Waals surface area contributed by atoms with Crippen molar-refractivity contribution in [3.05, 3.63) is 22.4 Å². The maximum atomic E-state index is 11.7. The van der Waals surface area contributed by atoms with Crippen molar-refractivity contribution >= 4 is 27.8 Å². The number of amides is 1. The average molecular weight is 303 g/mol. The van der Waals surface area contributed by atoms with E-state index in [2.05, 4.69) is 26.2 Å². The molecule has 1 unspecified atom stereocenters. The fraction of sp³-hybridized carbons (Fsp3) is 0.455. The lowest BCUT2D eigenvalue weighted by atomic mass is 10.1. The Hall–Kier alpha value is -1.30. The predicted molar refractivity (Wildman–Crippen MR) is 66.9 cm³/mol. The first-order chi connectivity index (χ1) is 8.04. The third-order valence-corrected chi connectivity index (χ3v) is 2.80. The minimum absolute atomic E-state index is 0.347. The molecule has 0 spiro atoms. The predicted octanol–water partition coefficient (Wildman–Crippen LogP) is 2.15. The van der Waals surface area contributed by atoms with Crippen LogP contribution in [0.25, 0.3) is 0 Å². The molecule has 1 aromatic heterocycles. The molecule has 0 aromatic carbocycles. The molecule has 0 fully saturated rings. The van der Waals surface area contributed by atoms with Gasteiger partial charge in [-0.15, -0.1) is 0 Å². The van der Waals surface area contributed by atoms with E-state index in [0.29, 0.717) is 12.1 Å². The second-order valence-electron chi connectivity index (χ2n) is 3.74. The van der Waals surface area contributed by atoms with Gasteiger partial charge < -0.3 is 15.4 Å². The summed E-state index contributed by atoms with van der Waals surface area (Å²) in [6.07, 6.45) is 3.73. The molecule has 0 bridgehead atoms. The number of carboxylic acid groups (broad SMARTS) is 1. The van der Waals surface area contributed by atoms with Gasteiger partial charge in [0.15, 0.2) is 0 Å². The molecular formula is C11H15BrN2O3. The number of aromatic nitrogens is 1. The number of hydrogen-bond acceptors (Lipinski definition) is 2. The molecule has 0 saturated heterocycles. The van der Waals surface area contributed by atoms with E-state index in [1.54, 1.807) is 12.3 Å². The molecule has 94 valence electrons. The lowest BCUT2D eigenvalue weighted by Crippen LogP contribution is -2.40. The summed E-state index contributed by atoms with van der Waals surface area (Å²) >= 11 is 3.21. The normalized spacial score (nSPS) is 12.1. The number of unbranched alkanes of at least 4 members (excludes halogenated alkanes) is 1. The fourth-order valence-electron chi connectivity index (χ4n) is 1.40. The average Bonchev–Trinajstić information content (AvgIpc) is 2.70. The molecule has 5 nitrogen and oxygen atoms in total. The van der Waals surface area contributed by atoms with Gasteiger partial charge in [0.25, 0.3) is 5.91 Å². The van der Waals surface area contributed by atoms with E-state index in [0.717, 1.165) is 17.3 Å². The summed E-state index contributed by atoms with van der Waals surface area (Å²) in [4.78, 5) is 25.4. The molecule has 0 aliphatic carbocycles. The summed E-state index contributed by atoms with van der Waals surface area (Å²) in [5.74, 6) is -1.41. The molecule has 17 heavy (non-hydrogen) atoms. The number of halogens is 1. The Bertz CT molecular complexity index is 403. The lowest BCUT2D eigenvalue weighted by Gasteiger charge is -2.13. The van der Waals surface area contributed by atoms with Gasteiger partial charge in [-0.25, -0.2) is 4.79 Å². The highest BCUT2D eigenvalue weighted by atomic mass is 79.9. The van der Waals surface area contributed by atoms with Crippen molar-refractivity contribution in [2.45, 2.75) is 32.2 Å². The number of carbonyl (C=O) groups excluding carboxylic acids is 1. The first-order valence-corrected chi connectivity index (χ1v) is 6.21. The molecule has 6 heteroatoms. The van der Waals surface area contributed by atoms with E-state index >= 15 is 0 Å². The minimum atomic E-state index is -1.00. The van der Waals surface area contributed by atoms with Crippen LogP contribution in [0.4, 0.5) is 0 Å². The van der Waals surface area contributed by atoms with Crippen LogP contribution in [0, 0.1) is 0 Å². The van der Waals surface area contributed by atoms with Crippen molar-refractivity contribution in [1.29, 1.82) is 0 Å². The molecule has 0 saturated carbocycles. The number of H-pyrrole nitrogens is 1. The minimum Gasteiger partial charge on any atom is -0.480 e. The molecule has 1 heterocycles. The van der Waals surface area contributed by atoms with Gasteiger partial charge in [0.2, 0.25) is 0 Å². The van der Waals surface area contributed by atoms with Gasteiger partial charge in [-0.1, -0.05) is 19.8 Å². The maximum Gasteiger partial charge on any atom is 0.326 e. The third kappa shape index (κ3) is 4.22. The van der Waals surface area contributed by atoms with E-state index in [4.69, 9.17) is 5.11 Å². The van der Waals surface area contributed by atoms with E-state index in [1.165, 1.54) is 0 Å². The van der Waals surface area contributed by atoms with Crippen molar-refractivity contribution in [3.8, 4) is 0 Å². The SMILES string of the molecule is CCCCC(NC(=O)c1cc(Br)c[nH]1)C(=O)O. The summed E-state index contributed by atoms with van der Waals surface area (Å²) in [5.41, 5.74) is 0.347. The van der Waals surface area contributed by atoms with E-state index in [9.17, 15) is 9.59 Å². The summed E-state index contributed by atoms with van der Waals surface area (Å²) < 4.78 is 0.753. The smallest absolute Gasteiger partial charge is 0.326 e. The standard InChI is InChI=1S/C11H15BrN2O3/c1-2-3-4-8(11(16)17)14-10(15)9-5-7(12)6-13-9/h5-6,8,13H,2-4H2,1H3,(H,14,15)(H,16,17). The summed E-state index contributed by atoms with van der Waals surface area (Å²) in [6.45, 7) is 1.98. The van der Waals surface area contributed by atoms with Crippen LogP contribution in [-0.2, 0) is 4.79 Å². The molecular weight excluding hydrogens is 288 g/mol. The summed E-state index contributed by atoms with van der Waals surface area (Å²) in [5, 5.41) is 11.5. The van der Waals surface area contributed by atoms with Gasteiger partial charge in [-0.2, -0.15) is 0 Å². The highest BCUT2D eigenvalue weighted by Gasteiger charge is 2.20. The van der Waals surface area contributed by atoms with Gasteiger partial charge in [0, 0.05) is 10.7 Å². The van der Waals surface area contributed by atoms with Crippen molar-refractivity contribution in [1.82, 2.24) is 10.3 Å². The highest BCUT2D eigenvalue weighted by Crippen LogP contribution is 2.11. The van der Waals surface area contributed by atoms with Crippen LogP contribution < -0.4 is 5.32 Å². The number of carboxylic acids is 1. The highest BCUT2D eigenvalue weighted by molar-refractivity contribution is 9.10. The van der Waals surface area contributed by atoms with Crippen LogP contribution in [0.5, 0.6) is 0 Å². The number of aliphatic carboxylic acids is 1. The van der Waals surface area contributed by atoms with E-state index < -0.39 is 17.9 Å². The molecule has 3 N–H and O–H groups in total. The second-order valence-corrected chi connectivity index (χ2v) is 4.65. The van der Waals surface area contributed by atoms with Crippen molar-refractivity contribution in [2.75, 3.05) is 0 Å². The molecule has 1 rings (SSSR count). The van der Waals surface area contributed by atoms with Gasteiger partial charge in [-0.3, -0.25) is 4.79 Å². The van der Waals surface area contributed by atoms with Gasteiger partial charge in [-0.05, 0) is 28.4 Å². The first-order valence-electron chi connectivity index (χ1n) is 5.42. The number of nitrogens with one attached hydrogen (secondary N) is 2. The molecule has 0 aliphatic heterocycles. The van der Waals surface area contributed by atoms with Crippen LogP contribution in [0.2, 0.25) is 0 Å². The second kappa shape index (κ2) is 6.44. The zero-order chi connectivity index (χ0) is 12.8. The van der Waals surface area contributed by atoms with Crippen molar-refractivity contribution in [3.63, 3.8) is 0 Å². The van der Waals surface area contributed by atoms with Crippen LogP contribution in [0.1, 0.15) is 36.7 Å². The molecule has 1 atom stereocenters. The maximum absolute atomic E-state index is 11.7. The summed E-state index contributed by atoms with van der Waals surface area (Å²) in [6, 6.07) is 0.776. The number of rotatable bonds is 6. The van der Waals surface area contributed by atoms with Crippen molar-refractivity contribution in [2.24, 2.45) is 0 Å². The Labute approximate surface area is 108 Å². The van der Waals surface area contributed by atoms with Gasteiger partial charge in [0.05, 0.1) is 0 Å². The van der Waals surface area contributed by atoms with Gasteiger partial charge in [0.1, 0.15) is 11.7 Å². The number of hydrogen-bond donors (Lipinski definition) is 3. The monoisotopic (exact) mass is 302 g/mol. The Kier molecular flexibility index (Phi) is 5.21. The Morgan fingerprint density at radius 3 is 2.76 bits per heavy atom. The van der Waals surface area contributed by atoms with Crippen LogP contribution in [-0.4, -0.2) is 28.0 Å². The fourth-order valence-corrected chi connectivity index (χ4v) is 1.74. The van der Waals surface area contributed by atoms with Crippen LogP contribution >= 0.6 is 15.9 Å². The zero-order valence-corrected chi connectivity index (χ0v) is 11.1. The zero-order valence-electron chi connectivity index (χ0n) is 9.50. The number of aromatic amines is 1. The first kappa shape index (κ1) is 13.8. The topological polar surface area (TPSA) is 82.2 Å². The quantitative estimate of drug-likeness (QED) is 0.753. The number of carbonyl (C=O) groups is 2. The third-order valence-electron chi connectivity index (χ3n) is 2.34. The Morgan fingerprint density at radius 1 is 1.59 bits per heavy atom.